The van der Waals surface area contributed by atoms with Crippen LogP contribution in [0.3, 0.4) is 0 Å². The molecule has 2 aromatic carbocycles. The van der Waals surface area contributed by atoms with E-state index in [1.807, 2.05) is 47.8 Å². The minimum absolute atomic E-state index is 0.0330. The minimum atomic E-state index is 0.0330. The highest BCUT2D eigenvalue weighted by Gasteiger charge is 2.13. The lowest BCUT2D eigenvalue weighted by Crippen LogP contribution is -2.20. The zero-order valence-electron chi connectivity index (χ0n) is 16.5. The van der Waals surface area contributed by atoms with Crippen molar-refractivity contribution in [2.45, 2.75) is 32.7 Å². The van der Waals surface area contributed by atoms with Gasteiger partial charge in [-0.25, -0.2) is 4.98 Å². The molecular weight excluding hydrogens is 380 g/mol. The van der Waals surface area contributed by atoms with Crippen molar-refractivity contribution in [3.05, 3.63) is 82.2 Å². The molecule has 4 rings (SSSR count). The molecule has 2 aromatic heterocycles. The Morgan fingerprint density at radius 2 is 1.86 bits per heavy atom. The van der Waals surface area contributed by atoms with Gasteiger partial charge in [0.15, 0.2) is 0 Å². The summed E-state index contributed by atoms with van der Waals surface area (Å²) in [5.74, 6) is 0.853. The Bertz CT molecular complexity index is 1130. The smallest absolute Gasteiger partial charge is 0.262 e. The van der Waals surface area contributed by atoms with Crippen molar-refractivity contribution in [3.63, 3.8) is 0 Å². The largest absolute Gasteiger partial charge is 0.494 e. The van der Waals surface area contributed by atoms with Gasteiger partial charge in [0.05, 0.1) is 18.3 Å². The van der Waals surface area contributed by atoms with E-state index in [0.717, 1.165) is 41.0 Å². The van der Waals surface area contributed by atoms with E-state index in [1.54, 1.807) is 10.9 Å². The van der Waals surface area contributed by atoms with Gasteiger partial charge >= 0.3 is 0 Å². The first-order valence-corrected chi connectivity index (χ1v) is 10.9. The Kier molecular flexibility index (Phi) is 6.06. The highest BCUT2D eigenvalue weighted by Crippen LogP contribution is 2.31. The van der Waals surface area contributed by atoms with E-state index >= 15 is 0 Å². The molecule has 5 heteroatoms. The van der Waals surface area contributed by atoms with Crippen molar-refractivity contribution in [2.24, 2.45) is 0 Å². The number of ether oxygens (including phenoxy) is 1. The van der Waals surface area contributed by atoms with Crippen molar-refractivity contribution < 1.29 is 4.74 Å². The molecule has 0 radical (unpaired) electrons. The summed E-state index contributed by atoms with van der Waals surface area (Å²) in [6, 6.07) is 18.3. The van der Waals surface area contributed by atoms with Gasteiger partial charge in [0.25, 0.3) is 5.56 Å². The lowest BCUT2D eigenvalue weighted by atomic mass is 10.1. The molecule has 4 aromatic rings. The maximum atomic E-state index is 13.1. The third-order valence-electron chi connectivity index (χ3n) is 4.91. The maximum Gasteiger partial charge on any atom is 0.262 e. The van der Waals surface area contributed by atoms with Crippen molar-refractivity contribution in [1.29, 1.82) is 0 Å². The van der Waals surface area contributed by atoms with Crippen LogP contribution in [0.1, 0.15) is 25.3 Å². The average Bonchev–Trinajstić information content (AvgIpc) is 3.20. The molecule has 0 unspecified atom stereocenters. The van der Waals surface area contributed by atoms with Gasteiger partial charge in [0.2, 0.25) is 0 Å². The van der Waals surface area contributed by atoms with E-state index in [-0.39, 0.29) is 5.56 Å². The molecule has 0 bridgehead atoms. The second-order valence-corrected chi connectivity index (χ2v) is 7.89. The summed E-state index contributed by atoms with van der Waals surface area (Å²) < 4.78 is 7.40. The highest BCUT2D eigenvalue weighted by molar-refractivity contribution is 7.17. The fourth-order valence-corrected chi connectivity index (χ4v) is 4.29. The lowest BCUT2D eigenvalue weighted by molar-refractivity contribution is 0.317. The highest BCUT2D eigenvalue weighted by atomic mass is 32.1. The van der Waals surface area contributed by atoms with Gasteiger partial charge in [-0.3, -0.25) is 9.36 Å². The van der Waals surface area contributed by atoms with Crippen LogP contribution in [0.2, 0.25) is 0 Å². The number of hydrogen-bond acceptors (Lipinski definition) is 4. The Morgan fingerprint density at radius 1 is 1.07 bits per heavy atom. The Hall–Kier alpha value is -2.92. The summed E-state index contributed by atoms with van der Waals surface area (Å²) in [7, 11) is 0. The summed E-state index contributed by atoms with van der Waals surface area (Å²) >= 11 is 1.51. The fourth-order valence-electron chi connectivity index (χ4n) is 3.39. The number of hydrogen-bond donors (Lipinski definition) is 0. The molecule has 0 amide bonds. The van der Waals surface area contributed by atoms with Crippen LogP contribution < -0.4 is 10.3 Å². The second kappa shape index (κ2) is 9.05. The topological polar surface area (TPSA) is 44.1 Å². The Balaban J connectivity index is 1.56. The van der Waals surface area contributed by atoms with Gasteiger partial charge < -0.3 is 4.74 Å². The average molecular weight is 405 g/mol. The molecule has 0 aliphatic rings. The quantitative estimate of drug-likeness (QED) is 0.387. The normalized spacial score (nSPS) is 11.1. The number of aryl methyl sites for hydroxylation is 2. The standard InChI is InChI=1S/C24H24N2O2S/c1-2-15-28-20-12-10-19(11-13-20)21-16-29-23-22(21)24(27)26(17-25-23)14-6-9-18-7-4-3-5-8-18/h3-5,7-8,10-13,16-17H,2,6,9,14-15H2,1H3. The molecule has 0 saturated carbocycles. The van der Waals surface area contributed by atoms with Gasteiger partial charge in [0, 0.05) is 17.5 Å². The van der Waals surface area contributed by atoms with E-state index in [2.05, 4.69) is 24.0 Å². The van der Waals surface area contributed by atoms with Crippen molar-refractivity contribution >= 4 is 21.6 Å². The molecule has 0 saturated heterocycles. The molecule has 4 nitrogen and oxygen atoms in total. The number of thiophene rings is 1. The molecule has 0 atom stereocenters. The predicted octanol–water partition coefficient (Wildman–Crippen LogP) is 5.55. The summed E-state index contributed by atoms with van der Waals surface area (Å²) in [5, 5.41) is 2.73. The summed E-state index contributed by atoms with van der Waals surface area (Å²) in [5.41, 5.74) is 3.28. The van der Waals surface area contributed by atoms with Crippen LogP contribution in [0, 0.1) is 0 Å². The molecule has 0 N–H and O–H groups in total. The predicted molar refractivity (Wildman–Crippen MR) is 120 cm³/mol. The summed E-state index contributed by atoms with van der Waals surface area (Å²) in [6.45, 7) is 3.46. The number of rotatable bonds is 8. The summed E-state index contributed by atoms with van der Waals surface area (Å²) in [6.07, 6.45) is 4.51. The lowest BCUT2D eigenvalue weighted by Gasteiger charge is -2.07. The molecule has 0 aliphatic heterocycles. The van der Waals surface area contributed by atoms with Crippen molar-refractivity contribution in [1.82, 2.24) is 9.55 Å². The van der Waals surface area contributed by atoms with E-state index in [0.29, 0.717) is 18.5 Å². The molecule has 0 spiro atoms. The van der Waals surface area contributed by atoms with Crippen LogP contribution in [0.15, 0.2) is 71.1 Å². The van der Waals surface area contributed by atoms with Crippen LogP contribution >= 0.6 is 11.3 Å². The van der Waals surface area contributed by atoms with Crippen LogP contribution in [0.5, 0.6) is 5.75 Å². The molecular formula is C24H24N2O2S. The SMILES string of the molecule is CCCOc1ccc(-c2csc3ncn(CCCc4ccccc4)c(=O)c23)cc1. The zero-order valence-corrected chi connectivity index (χ0v) is 17.3. The van der Waals surface area contributed by atoms with E-state index in [1.165, 1.54) is 16.9 Å². The first-order chi connectivity index (χ1) is 14.3. The van der Waals surface area contributed by atoms with E-state index in [9.17, 15) is 4.79 Å². The van der Waals surface area contributed by atoms with Crippen LogP contribution in [-0.2, 0) is 13.0 Å². The van der Waals surface area contributed by atoms with Gasteiger partial charge in [0.1, 0.15) is 10.6 Å². The van der Waals surface area contributed by atoms with Crippen LogP contribution in [0.25, 0.3) is 21.3 Å². The Morgan fingerprint density at radius 3 is 2.62 bits per heavy atom. The molecule has 148 valence electrons. The molecule has 2 heterocycles. The van der Waals surface area contributed by atoms with Gasteiger partial charge in [-0.15, -0.1) is 11.3 Å². The van der Waals surface area contributed by atoms with Gasteiger partial charge in [-0.2, -0.15) is 0 Å². The number of fused-ring (bicyclic) bond motifs is 1. The Labute approximate surface area is 174 Å². The van der Waals surface area contributed by atoms with Gasteiger partial charge in [-0.1, -0.05) is 49.4 Å². The van der Waals surface area contributed by atoms with Crippen molar-refractivity contribution in [2.75, 3.05) is 6.61 Å². The zero-order chi connectivity index (χ0) is 20.1. The minimum Gasteiger partial charge on any atom is -0.494 e. The van der Waals surface area contributed by atoms with E-state index in [4.69, 9.17) is 4.74 Å². The first kappa shape index (κ1) is 19.4. The van der Waals surface area contributed by atoms with Crippen LogP contribution in [0.4, 0.5) is 0 Å². The van der Waals surface area contributed by atoms with Crippen molar-refractivity contribution in [3.8, 4) is 16.9 Å². The number of benzene rings is 2. The molecule has 0 fully saturated rings. The number of nitrogens with zero attached hydrogens (tertiary/aromatic N) is 2. The third kappa shape index (κ3) is 4.40. The van der Waals surface area contributed by atoms with Crippen LogP contribution in [-0.4, -0.2) is 16.2 Å². The first-order valence-electron chi connectivity index (χ1n) is 10.00. The third-order valence-corrected chi connectivity index (χ3v) is 5.79. The summed E-state index contributed by atoms with van der Waals surface area (Å²) in [4.78, 5) is 18.5. The van der Waals surface area contributed by atoms with Gasteiger partial charge in [-0.05, 0) is 42.5 Å². The molecule has 29 heavy (non-hydrogen) atoms. The monoisotopic (exact) mass is 404 g/mol. The fraction of sp³-hybridized carbons (Fsp3) is 0.250. The maximum absolute atomic E-state index is 13.1. The molecule has 0 aliphatic carbocycles. The number of aromatic nitrogens is 2. The second-order valence-electron chi connectivity index (χ2n) is 7.03. The van der Waals surface area contributed by atoms with E-state index < -0.39 is 0 Å².